The predicted octanol–water partition coefficient (Wildman–Crippen LogP) is 2.95. The molecule has 3 aromatic rings. The molecule has 4 rings (SSSR count). The van der Waals surface area contributed by atoms with E-state index in [9.17, 15) is 0 Å². The number of hydrogen-bond donors (Lipinski definition) is 2. The molecule has 126 valence electrons. The van der Waals surface area contributed by atoms with Gasteiger partial charge in [0, 0.05) is 23.8 Å². The number of nitriles is 1. The van der Waals surface area contributed by atoms with E-state index < -0.39 is 0 Å². The number of pyridine rings is 2. The van der Waals surface area contributed by atoms with Gasteiger partial charge in [-0.05, 0) is 49.9 Å². The molecule has 3 heterocycles. The molecule has 2 atom stereocenters. The number of hydrogen-bond acceptors (Lipinski definition) is 5. The molecule has 3 N–H and O–H groups in total. The molecule has 0 bridgehead atoms. The quantitative estimate of drug-likeness (QED) is 0.769. The van der Waals surface area contributed by atoms with Gasteiger partial charge in [0.05, 0.1) is 29.0 Å². The molecule has 0 radical (unpaired) electrons. The lowest BCUT2D eigenvalue weighted by Crippen LogP contribution is -2.35. The highest BCUT2D eigenvalue weighted by molar-refractivity contribution is 5.79. The van der Waals surface area contributed by atoms with Crippen molar-refractivity contribution in [3.05, 3.63) is 48.3 Å². The average Bonchev–Trinajstić information content (AvgIpc) is 3.05. The van der Waals surface area contributed by atoms with Gasteiger partial charge in [0.2, 0.25) is 0 Å². The first-order valence-electron chi connectivity index (χ1n) is 8.60. The van der Waals surface area contributed by atoms with E-state index in [2.05, 4.69) is 16.5 Å². The van der Waals surface area contributed by atoms with Gasteiger partial charge in [-0.1, -0.05) is 6.07 Å². The van der Waals surface area contributed by atoms with Gasteiger partial charge in [-0.25, -0.2) is 9.50 Å². The van der Waals surface area contributed by atoms with Gasteiger partial charge >= 0.3 is 0 Å². The Morgan fingerprint density at radius 2 is 2.20 bits per heavy atom. The van der Waals surface area contributed by atoms with Crippen molar-refractivity contribution in [2.45, 2.75) is 37.8 Å². The molecular weight excluding hydrogens is 312 g/mol. The van der Waals surface area contributed by atoms with Crippen molar-refractivity contribution in [1.29, 1.82) is 5.26 Å². The molecule has 0 aliphatic heterocycles. The maximum atomic E-state index is 9.13. The van der Waals surface area contributed by atoms with Crippen LogP contribution in [0.1, 0.15) is 31.2 Å². The Morgan fingerprint density at radius 3 is 3.04 bits per heavy atom. The smallest absolute Gasteiger partial charge is 0.126 e. The number of aromatic nitrogens is 3. The van der Waals surface area contributed by atoms with Crippen molar-refractivity contribution in [3.63, 3.8) is 0 Å². The fourth-order valence-electron chi connectivity index (χ4n) is 3.48. The number of fused-ring (bicyclic) bond motifs is 1. The lowest BCUT2D eigenvalue weighted by Gasteiger charge is -2.27. The van der Waals surface area contributed by atoms with Crippen LogP contribution in [0.15, 0.2) is 42.7 Å². The Kier molecular flexibility index (Phi) is 4.08. The zero-order chi connectivity index (χ0) is 17.2. The van der Waals surface area contributed by atoms with E-state index in [0.29, 0.717) is 11.6 Å². The van der Waals surface area contributed by atoms with Crippen LogP contribution in [0.25, 0.3) is 16.8 Å². The topological polar surface area (TPSA) is 92.0 Å². The second kappa shape index (κ2) is 6.54. The third-order valence-corrected chi connectivity index (χ3v) is 4.74. The average molecular weight is 332 g/mol. The summed E-state index contributed by atoms with van der Waals surface area (Å²) in [6.07, 6.45) is 7.96. The minimum absolute atomic E-state index is 0.276. The molecule has 0 aromatic carbocycles. The second-order valence-electron chi connectivity index (χ2n) is 6.59. The van der Waals surface area contributed by atoms with E-state index in [1.807, 2.05) is 24.3 Å². The molecule has 0 saturated heterocycles. The van der Waals surface area contributed by atoms with Crippen molar-refractivity contribution in [3.8, 4) is 17.3 Å². The largest absolute Gasteiger partial charge is 0.367 e. The molecule has 25 heavy (non-hydrogen) atoms. The van der Waals surface area contributed by atoms with Gasteiger partial charge in [0.15, 0.2) is 0 Å². The predicted molar refractivity (Wildman–Crippen MR) is 97.0 cm³/mol. The summed E-state index contributed by atoms with van der Waals surface area (Å²) in [5.41, 5.74) is 9.33. The van der Waals surface area contributed by atoms with E-state index in [1.165, 1.54) is 0 Å². The molecule has 1 aliphatic rings. The minimum atomic E-state index is 0.276. The summed E-state index contributed by atoms with van der Waals surface area (Å²) in [7, 11) is 0. The molecule has 2 unspecified atom stereocenters. The molecular formula is C19H20N6. The SMILES string of the molecule is N#Cc1ccn2ncc(-c3cccc(NC4CCCC(N)C4)n3)c2c1. The summed E-state index contributed by atoms with van der Waals surface area (Å²) in [6, 6.07) is 12.4. The van der Waals surface area contributed by atoms with Crippen molar-refractivity contribution in [1.82, 2.24) is 14.6 Å². The van der Waals surface area contributed by atoms with Crippen molar-refractivity contribution in [2.75, 3.05) is 5.32 Å². The third kappa shape index (κ3) is 3.19. The Bertz CT molecular complexity index is 938. The maximum absolute atomic E-state index is 9.13. The highest BCUT2D eigenvalue weighted by atomic mass is 15.2. The molecule has 1 fully saturated rings. The van der Waals surface area contributed by atoms with E-state index in [1.54, 1.807) is 23.0 Å². The van der Waals surface area contributed by atoms with E-state index in [-0.39, 0.29) is 6.04 Å². The summed E-state index contributed by atoms with van der Waals surface area (Å²) >= 11 is 0. The van der Waals surface area contributed by atoms with Crippen molar-refractivity contribution >= 4 is 11.3 Å². The Morgan fingerprint density at radius 1 is 1.28 bits per heavy atom. The number of nitrogens with one attached hydrogen (secondary N) is 1. The van der Waals surface area contributed by atoms with Crippen LogP contribution in [0.5, 0.6) is 0 Å². The fraction of sp³-hybridized carbons (Fsp3) is 0.316. The molecule has 0 amide bonds. The van der Waals surface area contributed by atoms with Gasteiger partial charge < -0.3 is 11.1 Å². The maximum Gasteiger partial charge on any atom is 0.126 e. The minimum Gasteiger partial charge on any atom is -0.367 e. The Balaban J connectivity index is 1.64. The van der Waals surface area contributed by atoms with Crippen LogP contribution in [-0.2, 0) is 0 Å². The first-order valence-corrected chi connectivity index (χ1v) is 8.60. The Hall–Kier alpha value is -2.91. The number of anilines is 1. The summed E-state index contributed by atoms with van der Waals surface area (Å²) < 4.78 is 1.76. The third-order valence-electron chi connectivity index (χ3n) is 4.74. The van der Waals surface area contributed by atoms with E-state index in [4.69, 9.17) is 16.0 Å². The monoisotopic (exact) mass is 332 g/mol. The summed E-state index contributed by atoms with van der Waals surface area (Å²) in [6.45, 7) is 0. The normalized spacial score (nSPS) is 20.3. The van der Waals surface area contributed by atoms with Crippen LogP contribution < -0.4 is 11.1 Å². The van der Waals surface area contributed by atoms with Gasteiger partial charge in [-0.2, -0.15) is 10.4 Å². The summed E-state index contributed by atoms with van der Waals surface area (Å²) in [5.74, 6) is 0.854. The number of nitrogens with zero attached hydrogens (tertiary/aromatic N) is 4. The molecule has 6 heteroatoms. The fourth-order valence-corrected chi connectivity index (χ4v) is 3.48. The van der Waals surface area contributed by atoms with E-state index >= 15 is 0 Å². The summed E-state index contributed by atoms with van der Waals surface area (Å²) in [5, 5.41) is 17.0. The first kappa shape index (κ1) is 15.6. The van der Waals surface area contributed by atoms with Crippen LogP contribution in [0.4, 0.5) is 5.82 Å². The molecule has 6 nitrogen and oxygen atoms in total. The lowest BCUT2D eigenvalue weighted by molar-refractivity contribution is 0.409. The standard InChI is InChI=1S/C19H20N6/c20-11-13-7-8-25-18(9-13)16(12-22-25)17-5-2-6-19(24-17)23-15-4-1-3-14(21)10-15/h2,5-9,12,14-15H,1,3-4,10,21H2,(H,23,24). The lowest BCUT2D eigenvalue weighted by atomic mass is 9.92. The van der Waals surface area contributed by atoms with Crippen LogP contribution in [-0.4, -0.2) is 26.7 Å². The van der Waals surface area contributed by atoms with Gasteiger partial charge in [-0.3, -0.25) is 0 Å². The van der Waals surface area contributed by atoms with Crippen LogP contribution in [0, 0.1) is 11.3 Å². The van der Waals surface area contributed by atoms with Crippen LogP contribution in [0.2, 0.25) is 0 Å². The van der Waals surface area contributed by atoms with Crippen molar-refractivity contribution < 1.29 is 0 Å². The highest BCUT2D eigenvalue weighted by Crippen LogP contribution is 2.26. The zero-order valence-corrected chi connectivity index (χ0v) is 13.9. The first-order chi connectivity index (χ1) is 12.2. The zero-order valence-electron chi connectivity index (χ0n) is 13.9. The van der Waals surface area contributed by atoms with Crippen molar-refractivity contribution in [2.24, 2.45) is 5.73 Å². The molecule has 0 spiro atoms. The highest BCUT2D eigenvalue weighted by Gasteiger charge is 2.19. The van der Waals surface area contributed by atoms with Gasteiger partial charge in [0.1, 0.15) is 5.82 Å². The molecule has 1 aliphatic carbocycles. The summed E-state index contributed by atoms with van der Waals surface area (Å²) in [4.78, 5) is 4.75. The van der Waals surface area contributed by atoms with Gasteiger partial charge in [-0.15, -0.1) is 0 Å². The van der Waals surface area contributed by atoms with Crippen LogP contribution >= 0.6 is 0 Å². The number of rotatable bonds is 3. The van der Waals surface area contributed by atoms with Crippen LogP contribution in [0.3, 0.4) is 0 Å². The Labute approximate surface area is 146 Å². The van der Waals surface area contributed by atoms with Gasteiger partial charge in [0.25, 0.3) is 0 Å². The second-order valence-corrected chi connectivity index (χ2v) is 6.59. The molecule has 3 aromatic heterocycles. The van der Waals surface area contributed by atoms with E-state index in [0.717, 1.165) is 48.3 Å². The molecule has 1 saturated carbocycles. The number of nitrogens with two attached hydrogens (primary N) is 1.